The van der Waals surface area contributed by atoms with Crippen LogP contribution in [0, 0.1) is 0 Å². The Kier molecular flexibility index (Phi) is 6.68. The first kappa shape index (κ1) is 17.0. The molecule has 0 aliphatic rings. The van der Waals surface area contributed by atoms with Gasteiger partial charge in [0.05, 0.1) is 6.54 Å². The molecule has 3 amide bonds. The smallest absolute Gasteiger partial charge is 0.319 e. The Balaban J connectivity index is 2.45. The molecule has 0 aromatic heterocycles. The SMILES string of the molecule is CCN(CC)C(=O)CNC(=O)Nc1ccc(C(C)N)cc1. The second-order valence-corrected chi connectivity index (χ2v) is 4.78. The first-order chi connectivity index (χ1) is 9.97. The maximum Gasteiger partial charge on any atom is 0.319 e. The number of urea groups is 1. The molecule has 0 bridgehead atoms. The highest BCUT2D eigenvalue weighted by atomic mass is 16.2. The van der Waals surface area contributed by atoms with E-state index in [9.17, 15) is 9.59 Å². The van der Waals surface area contributed by atoms with Crippen LogP contribution in [-0.4, -0.2) is 36.5 Å². The van der Waals surface area contributed by atoms with Crippen LogP contribution in [-0.2, 0) is 4.79 Å². The molecule has 0 spiro atoms. The van der Waals surface area contributed by atoms with Gasteiger partial charge in [0.25, 0.3) is 0 Å². The molecule has 116 valence electrons. The van der Waals surface area contributed by atoms with E-state index in [1.807, 2.05) is 32.9 Å². The zero-order valence-electron chi connectivity index (χ0n) is 12.8. The topological polar surface area (TPSA) is 87.5 Å². The lowest BCUT2D eigenvalue weighted by atomic mass is 10.1. The fraction of sp³-hybridized carbons (Fsp3) is 0.467. The summed E-state index contributed by atoms with van der Waals surface area (Å²) in [7, 11) is 0. The molecule has 1 aromatic rings. The zero-order valence-corrected chi connectivity index (χ0v) is 12.8. The molecular weight excluding hydrogens is 268 g/mol. The third kappa shape index (κ3) is 5.43. The van der Waals surface area contributed by atoms with Crippen LogP contribution in [0.5, 0.6) is 0 Å². The summed E-state index contributed by atoms with van der Waals surface area (Å²) in [5, 5.41) is 5.23. The molecule has 0 saturated carbocycles. The van der Waals surface area contributed by atoms with Crippen molar-refractivity contribution in [2.24, 2.45) is 5.73 Å². The molecule has 0 fully saturated rings. The third-order valence-electron chi connectivity index (χ3n) is 3.21. The van der Waals surface area contributed by atoms with E-state index in [1.165, 1.54) is 0 Å². The van der Waals surface area contributed by atoms with Gasteiger partial charge in [-0.3, -0.25) is 4.79 Å². The van der Waals surface area contributed by atoms with Gasteiger partial charge >= 0.3 is 6.03 Å². The van der Waals surface area contributed by atoms with Crippen molar-refractivity contribution in [3.63, 3.8) is 0 Å². The highest BCUT2D eigenvalue weighted by molar-refractivity contribution is 5.92. The van der Waals surface area contributed by atoms with Crippen LogP contribution in [0.3, 0.4) is 0 Å². The van der Waals surface area contributed by atoms with Crippen molar-refractivity contribution in [2.75, 3.05) is 25.0 Å². The summed E-state index contributed by atoms with van der Waals surface area (Å²) < 4.78 is 0. The minimum absolute atomic E-state index is 0.00850. The Hall–Kier alpha value is -2.08. The average Bonchev–Trinajstić information content (AvgIpc) is 2.47. The number of benzene rings is 1. The maximum atomic E-state index is 11.8. The molecule has 1 aromatic carbocycles. The van der Waals surface area contributed by atoms with E-state index in [4.69, 9.17) is 5.73 Å². The molecule has 0 aliphatic heterocycles. The summed E-state index contributed by atoms with van der Waals surface area (Å²) in [6.07, 6.45) is 0. The van der Waals surface area contributed by atoms with Crippen molar-refractivity contribution in [2.45, 2.75) is 26.8 Å². The lowest BCUT2D eigenvalue weighted by Gasteiger charge is -2.18. The standard InChI is InChI=1S/C15H24N4O2/c1-4-19(5-2)14(20)10-17-15(21)18-13-8-6-12(7-9-13)11(3)16/h6-9,11H,4-5,10,16H2,1-3H3,(H2,17,18,21). The van der Waals surface area contributed by atoms with Gasteiger partial charge in [-0.05, 0) is 38.5 Å². The number of rotatable bonds is 6. The minimum Gasteiger partial charge on any atom is -0.342 e. The molecule has 6 heteroatoms. The van der Waals surface area contributed by atoms with E-state index in [2.05, 4.69) is 10.6 Å². The van der Waals surface area contributed by atoms with Gasteiger partial charge in [0, 0.05) is 24.8 Å². The quantitative estimate of drug-likeness (QED) is 0.745. The van der Waals surface area contributed by atoms with E-state index >= 15 is 0 Å². The second kappa shape index (κ2) is 8.26. The highest BCUT2D eigenvalue weighted by Gasteiger charge is 2.11. The van der Waals surface area contributed by atoms with E-state index in [0.717, 1.165) is 5.56 Å². The molecule has 1 rings (SSSR count). The molecule has 6 nitrogen and oxygen atoms in total. The summed E-state index contributed by atoms with van der Waals surface area (Å²) in [5.41, 5.74) is 7.42. The predicted molar refractivity (Wildman–Crippen MR) is 84.0 cm³/mol. The molecule has 4 N–H and O–H groups in total. The van der Waals surface area contributed by atoms with E-state index in [-0.39, 0.29) is 18.5 Å². The van der Waals surface area contributed by atoms with Crippen molar-refractivity contribution >= 4 is 17.6 Å². The largest absolute Gasteiger partial charge is 0.342 e. The lowest BCUT2D eigenvalue weighted by molar-refractivity contribution is -0.129. The number of carbonyl (C=O) groups is 2. The predicted octanol–water partition coefficient (Wildman–Crippen LogP) is 1.70. The van der Waals surface area contributed by atoms with E-state index in [0.29, 0.717) is 18.8 Å². The Morgan fingerprint density at radius 1 is 1.19 bits per heavy atom. The summed E-state index contributed by atoms with van der Waals surface area (Å²) in [6.45, 7) is 6.97. The lowest BCUT2D eigenvalue weighted by Crippen LogP contribution is -2.41. The van der Waals surface area contributed by atoms with Crippen molar-refractivity contribution < 1.29 is 9.59 Å². The van der Waals surface area contributed by atoms with Gasteiger partial charge in [0.2, 0.25) is 5.91 Å². The molecule has 1 unspecified atom stereocenters. The Morgan fingerprint density at radius 2 is 1.76 bits per heavy atom. The van der Waals surface area contributed by atoms with Crippen LogP contribution >= 0.6 is 0 Å². The van der Waals surface area contributed by atoms with Gasteiger partial charge in [-0.25, -0.2) is 4.79 Å². The Morgan fingerprint density at radius 3 is 2.24 bits per heavy atom. The van der Waals surface area contributed by atoms with Crippen LogP contribution in [0.1, 0.15) is 32.4 Å². The zero-order chi connectivity index (χ0) is 15.8. The van der Waals surface area contributed by atoms with Crippen LogP contribution in [0.15, 0.2) is 24.3 Å². The molecule has 0 radical (unpaired) electrons. The Labute approximate surface area is 125 Å². The summed E-state index contributed by atoms with van der Waals surface area (Å²) in [6, 6.07) is 6.85. The monoisotopic (exact) mass is 292 g/mol. The van der Waals surface area contributed by atoms with Gasteiger partial charge < -0.3 is 21.3 Å². The fourth-order valence-electron chi connectivity index (χ4n) is 1.89. The third-order valence-corrected chi connectivity index (χ3v) is 3.21. The van der Waals surface area contributed by atoms with Crippen molar-refractivity contribution in [3.8, 4) is 0 Å². The summed E-state index contributed by atoms with van der Waals surface area (Å²) in [5.74, 6) is -0.0949. The number of nitrogens with zero attached hydrogens (tertiary/aromatic N) is 1. The normalized spacial score (nSPS) is 11.6. The molecule has 0 saturated heterocycles. The number of carbonyl (C=O) groups excluding carboxylic acids is 2. The molecule has 0 heterocycles. The van der Waals surface area contributed by atoms with Crippen molar-refractivity contribution in [3.05, 3.63) is 29.8 Å². The molecule has 0 aliphatic carbocycles. The van der Waals surface area contributed by atoms with Crippen LogP contribution in [0.25, 0.3) is 0 Å². The fourth-order valence-corrected chi connectivity index (χ4v) is 1.89. The maximum absolute atomic E-state index is 11.8. The summed E-state index contributed by atoms with van der Waals surface area (Å²) in [4.78, 5) is 25.1. The van der Waals surface area contributed by atoms with Gasteiger partial charge in [-0.2, -0.15) is 0 Å². The number of anilines is 1. The van der Waals surface area contributed by atoms with Crippen LogP contribution in [0.4, 0.5) is 10.5 Å². The van der Waals surface area contributed by atoms with Crippen molar-refractivity contribution in [1.29, 1.82) is 0 Å². The Bertz CT molecular complexity index is 467. The number of hydrogen-bond acceptors (Lipinski definition) is 3. The first-order valence-corrected chi connectivity index (χ1v) is 7.16. The van der Waals surface area contributed by atoms with Crippen LogP contribution < -0.4 is 16.4 Å². The minimum atomic E-state index is -0.399. The number of nitrogens with one attached hydrogen (secondary N) is 2. The van der Waals surface area contributed by atoms with Gasteiger partial charge in [0.1, 0.15) is 0 Å². The summed E-state index contributed by atoms with van der Waals surface area (Å²) >= 11 is 0. The number of hydrogen-bond donors (Lipinski definition) is 3. The highest BCUT2D eigenvalue weighted by Crippen LogP contribution is 2.13. The van der Waals surface area contributed by atoms with Crippen molar-refractivity contribution in [1.82, 2.24) is 10.2 Å². The number of amides is 3. The second-order valence-electron chi connectivity index (χ2n) is 4.78. The van der Waals surface area contributed by atoms with E-state index < -0.39 is 6.03 Å². The van der Waals surface area contributed by atoms with Crippen LogP contribution in [0.2, 0.25) is 0 Å². The molecule has 1 atom stereocenters. The van der Waals surface area contributed by atoms with Gasteiger partial charge in [0.15, 0.2) is 0 Å². The van der Waals surface area contributed by atoms with Gasteiger partial charge in [-0.15, -0.1) is 0 Å². The van der Waals surface area contributed by atoms with Gasteiger partial charge in [-0.1, -0.05) is 12.1 Å². The van der Waals surface area contributed by atoms with E-state index in [1.54, 1.807) is 17.0 Å². The number of likely N-dealkylation sites (N-methyl/N-ethyl adjacent to an activating group) is 1. The molecular formula is C15H24N4O2. The number of nitrogens with two attached hydrogens (primary N) is 1. The average molecular weight is 292 g/mol. The first-order valence-electron chi connectivity index (χ1n) is 7.16. The molecule has 21 heavy (non-hydrogen) atoms.